The lowest BCUT2D eigenvalue weighted by molar-refractivity contribution is -0.144. The summed E-state index contributed by atoms with van der Waals surface area (Å²) in [6.45, 7) is 10.8. The quantitative estimate of drug-likeness (QED) is 0.825. The Balaban J connectivity index is 4.92. The molecule has 0 rings (SSSR count). The summed E-state index contributed by atoms with van der Waals surface area (Å²) >= 11 is 0. The zero-order chi connectivity index (χ0) is 13.8. The van der Waals surface area contributed by atoms with Crippen molar-refractivity contribution in [1.82, 2.24) is 4.90 Å². The van der Waals surface area contributed by atoms with E-state index in [0.29, 0.717) is 6.54 Å². The fourth-order valence-electron chi connectivity index (χ4n) is 1.54. The molecule has 0 heterocycles. The summed E-state index contributed by atoms with van der Waals surface area (Å²) in [5, 5.41) is 9.14. The molecule has 0 spiro atoms. The summed E-state index contributed by atoms with van der Waals surface area (Å²) in [7, 11) is 0. The molecule has 0 aliphatic heterocycles. The molecule has 0 aliphatic rings. The summed E-state index contributed by atoms with van der Waals surface area (Å²) < 4.78 is 5.20. The molecule has 1 N–H and O–H groups in total. The predicted octanol–water partition coefficient (Wildman–Crippen LogP) is 2.35. The molecule has 0 saturated heterocycles. The van der Waals surface area contributed by atoms with Crippen LogP contribution in [0.5, 0.6) is 0 Å². The van der Waals surface area contributed by atoms with Crippen LogP contribution in [0.1, 0.15) is 41.5 Å². The Bertz CT molecular complexity index is 281. The lowest BCUT2D eigenvalue weighted by Gasteiger charge is -2.32. The Kier molecular flexibility index (Phi) is 5.45. The Morgan fingerprint density at radius 1 is 1.29 bits per heavy atom. The highest BCUT2D eigenvalue weighted by Crippen LogP contribution is 2.16. The Morgan fingerprint density at radius 2 is 1.76 bits per heavy atom. The maximum Gasteiger partial charge on any atom is 0.411 e. The highest BCUT2D eigenvalue weighted by molar-refractivity contribution is 5.80. The van der Waals surface area contributed by atoms with Crippen molar-refractivity contribution in [2.75, 3.05) is 6.54 Å². The van der Waals surface area contributed by atoms with E-state index < -0.39 is 23.7 Å². The molecule has 0 aromatic heterocycles. The van der Waals surface area contributed by atoms with E-state index in [0.717, 1.165) is 0 Å². The van der Waals surface area contributed by atoms with E-state index in [1.54, 1.807) is 41.5 Å². The lowest BCUT2D eigenvalue weighted by Crippen LogP contribution is -2.49. The van der Waals surface area contributed by atoms with Crippen LogP contribution in [0.2, 0.25) is 0 Å². The number of carbonyl (C=O) groups is 2. The minimum atomic E-state index is -1.01. The molecule has 5 nitrogen and oxygen atoms in total. The van der Waals surface area contributed by atoms with Gasteiger partial charge in [-0.1, -0.05) is 13.8 Å². The van der Waals surface area contributed by atoms with Crippen molar-refractivity contribution in [1.29, 1.82) is 0 Å². The molecule has 0 fully saturated rings. The van der Waals surface area contributed by atoms with Crippen LogP contribution in [0.15, 0.2) is 0 Å². The number of amides is 1. The number of ether oxygens (including phenoxy) is 1. The lowest BCUT2D eigenvalue weighted by atomic mass is 10.0. The number of aliphatic carboxylic acids is 1. The Morgan fingerprint density at radius 3 is 2.00 bits per heavy atom. The second-order valence-corrected chi connectivity index (χ2v) is 5.29. The molecular formula is C12H23NO4. The normalized spacial score (nSPS) is 13.4. The third kappa shape index (κ3) is 5.06. The molecule has 0 bridgehead atoms. The van der Waals surface area contributed by atoms with Gasteiger partial charge in [0.1, 0.15) is 11.6 Å². The van der Waals surface area contributed by atoms with Crippen LogP contribution < -0.4 is 0 Å². The maximum absolute atomic E-state index is 11.9. The number of hydrogen-bond donors (Lipinski definition) is 1. The van der Waals surface area contributed by atoms with E-state index in [1.165, 1.54) is 4.90 Å². The van der Waals surface area contributed by atoms with Gasteiger partial charge in [-0.3, -0.25) is 4.90 Å². The van der Waals surface area contributed by atoms with Crippen molar-refractivity contribution in [2.24, 2.45) is 5.92 Å². The standard InChI is InChI=1S/C12H23NO4/c1-7-13(9(8(2)3)10(14)15)11(16)17-12(4,5)6/h8-9H,7H2,1-6H3,(H,14,15). The van der Waals surface area contributed by atoms with Crippen LogP contribution in [-0.4, -0.2) is 40.3 Å². The van der Waals surface area contributed by atoms with Gasteiger partial charge in [-0.15, -0.1) is 0 Å². The second-order valence-electron chi connectivity index (χ2n) is 5.29. The summed E-state index contributed by atoms with van der Waals surface area (Å²) in [4.78, 5) is 24.3. The number of hydrogen-bond acceptors (Lipinski definition) is 3. The molecular weight excluding hydrogens is 222 g/mol. The SMILES string of the molecule is CCN(C(=O)OC(C)(C)C)C(C(=O)O)C(C)C. The van der Waals surface area contributed by atoms with Crippen molar-refractivity contribution >= 4 is 12.1 Å². The van der Waals surface area contributed by atoms with Gasteiger partial charge in [-0.05, 0) is 33.6 Å². The van der Waals surface area contributed by atoms with Crippen molar-refractivity contribution in [3.63, 3.8) is 0 Å². The van der Waals surface area contributed by atoms with Crippen LogP contribution in [0.4, 0.5) is 4.79 Å². The molecule has 0 saturated carbocycles. The molecule has 0 radical (unpaired) electrons. The molecule has 5 heteroatoms. The average molecular weight is 245 g/mol. The summed E-state index contributed by atoms with van der Waals surface area (Å²) in [5.41, 5.74) is -0.620. The van der Waals surface area contributed by atoms with Crippen LogP contribution in [-0.2, 0) is 9.53 Å². The van der Waals surface area contributed by atoms with Gasteiger partial charge in [-0.2, -0.15) is 0 Å². The Labute approximate surface area is 103 Å². The summed E-state index contributed by atoms with van der Waals surface area (Å²) in [6.07, 6.45) is -0.582. The molecule has 0 aliphatic carbocycles. The topological polar surface area (TPSA) is 66.8 Å². The molecule has 100 valence electrons. The first kappa shape index (κ1) is 15.7. The first-order chi connectivity index (χ1) is 7.60. The first-order valence-electron chi connectivity index (χ1n) is 5.82. The van der Waals surface area contributed by atoms with E-state index in [-0.39, 0.29) is 5.92 Å². The van der Waals surface area contributed by atoms with E-state index in [2.05, 4.69) is 0 Å². The smallest absolute Gasteiger partial charge is 0.411 e. The van der Waals surface area contributed by atoms with E-state index in [9.17, 15) is 9.59 Å². The fraction of sp³-hybridized carbons (Fsp3) is 0.833. The largest absolute Gasteiger partial charge is 0.480 e. The molecule has 0 aromatic carbocycles. The van der Waals surface area contributed by atoms with Gasteiger partial charge in [-0.25, -0.2) is 9.59 Å². The van der Waals surface area contributed by atoms with Crippen molar-refractivity contribution < 1.29 is 19.4 Å². The van der Waals surface area contributed by atoms with Gasteiger partial charge < -0.3 is 9.84 Å². The molecule has 1 amide bonds. The zero-order valence-corrected chi connectivity index (χ0v) is 11.5. The van der Waals surface area contributed by atoms with Crippen molar-refractivity contribution in [3.05, 3.63) is 0 Å². The minimum Gasteiger partial charge on any atom is -0.480 e. The van der Waals surface area contributed by atoms with Crippen molar-refractivity contribution in [3.8, 4) is 0 Å². The second kappa shape index (κ2) is 5.89. The van der Waals surface area contributed by atoms with Crippen LogP contribution >= 0.6 is 0 Å². The van der Waals surface area contributed by atoms with E-state index >= 15 is 0 Å². The number of carbonyl (C=O) groups excluding carboxylic acids is 1. The van der Waals surface area contributed by atoms with Gasteiger partial charge in [0.25, 0.3) is 0 Å². The maximum atomic E-state index is 11.9. The average Bonchev–Trinajstić information content (AvgIpc) is 2.08. The van der Waals surface area contributed by atoms with Gasteiger partial charge in [0.05, 0.1) is 0 Å². The van der Waals surface area contributed by atoms with Gasteiger partial charge in [0, 0.05) is 6.54 Å². The Hall–Kier alpha value is -1.26. The third-order valence-electron chi connectivity index (χ3n) is 2.19. The molecule has 17 heavy (non-hydrogen) atoms. The van der Waals surface area contributed by atoms with Crippen LogP contribution in [0.3, 0.4) is 0 Å². The molecule has 0 aromatic rings. The monoisotopic (exact) mass is 245 g/mol. The highest BCUT2D eigenvalue weighted by atomic mass is 16.6. The highest BCUT2D eigenvalue weighted by Gasteiger charge is 2.33. The van der Waals surface area contributed by atoms with Gasteiger partial charge in [0.2, 0.25) is 0 Å². The number of nitrogens with zero attached hydrogens (tertiary/aromatic N) is 1. The minimum absolute atomic E-state index is 0.167. The summed E-state index contributed by atoms with van der Waals surface area (Å²) in [6, 6.07) is -0.852. The van der Waals surface area contributed by atoms with Crippen LogP contribution in [0, 0.1) is 5.92 Å². The van der Waals surface area contributed by atoms with Gasteiger partial charge in [0.15, 0.2) is 0 Å². The first-order valence-corrected chi connectivity index (χ1v) is 5.82. The van der Waals surface area contributed by atoms with Crippen molar-refractivity contribution in [2.45, 2.75) is 53.2 Å². The molecule has 1 unspecified atom stereocenters. The summed E-state index contributed by atoms with van der Waals surface area (Å²) in [5.74, 6) is -1.17. The third-order valence-corrected chi connectivity index (χ3v) is 2.19. The predicted molar refractivity (Wildman–Crippen MR) is 64.9 cm³/mol. The number of carboxylic acid groups (broad SMARTS) is 1. The number of likely N-dealkylation sites (N-methyl/N-ethyl adjacent to an activating group) is 1. The van der Waals surface area contributed by atoms with E-state index in [1.807, 2.05) is 0 Å². The fourth-order valence-corrected chi connectivity index (χ4v) is 1.54. The van der Waals surface area contributed by atoms with Gasteiger partial charge >= 0.3 is 12.1 Å². The number of rotatable bonds is 4. The van der Waals surface area contributed by atoms with E-state index in [4.69, 9.17) is 9.84 Å². The number of carboxylic acids is 1. The van der Waals surface area contributed by atoms with Crippen LogP contribution in [0.25, 0.3) is 0 Å². The molecule has 1 atom stereocenters. The zero-order valence-electron chi connectivity index (χ0n) is 11.5.